The van der Waals surface area contributed by atoms with E-state index in [0.717, 1.165) is 20.7 Å². The zero-order valence-corrected chi connectivity index (χ0v) is 14.4. The van der Waals surface area contributed by atoms with Crippen LogP contribution >= 0.6 is 27.3 Å². The van der Waals surface area contributed by atoms with Crippen LogP contribution in [-0.2, 0) is 10.0 Å². The van der Waals surface area contributed by atoms with E-state index in [1.807, 2.05) is 0 Å². The van der Waals surface area contributed by atoms with Crippen molar-refractivity contribution in [1.82, 2.24) is 9.21 Å². The van der Waals surface area contributed by atoms with E-state index in [4.69, 9.17) is 0 Å². The molecule has 0 radical (unpaired) electrons. The maximum Gasteiger partial charge on any atom is 0.401 e. The van der Waals surface area contributed by atoms with Gasteiger partial charge in [0.25, 0.3) is 10.0 Å². The highest BCUT2D eigenvalue weighted by atomic mass is 79.9. The third kappa shape index (κ3) is 4.19. The van der Waals surface area contributed by atoms with Crippen LogP contribution in [0.2, 0.25) is 0 Å². The minimum Gasteiger partial charge on any atom is -0.292 e. The number of hydrogen-bond donors (Lipinski definition) is 0. The summed E-state index contributed by atoms with van der Waals surface area (Å²) in [6, 6.07) is 1.58. The molecule has 2 heterocycles. The van der Waals surface area contributed by atoms with Gasteiger partial charge in [0.05, 0.1) is 10.3 Å². The monoisotopic (exact) mass is 406 g/mol. The Hall–Kier alpha value is -0.160. The van der Waals surface area contributed by atoms with Crippen molar-refractivity contribution in [2.45, 2.75) is 17.3 Å². The number of sulfonamides is 1. The molecule has 1 saturated heterocycles. The summed E-state index contributed by atoms with van der Waals surface area (Å²) in [6.07, 6.45) is -4.25. The molecule has 0 aliphatic carbocycles. The summed E-state index contributed by atoms with van der Waals surface area (Å²) in [5, 5.41) is 0. The van der Waals surface area contributed by atoms with Crippen molar-refractivity contribution in [3.05, 3.63) is 15.4 Å². The predicted octanol–water partition coefficient (Wildman–Crippen LogP) is 2.69. The Morgan fingerprint density at radius 1 is 1.29 bits per heavy atom. The molecule has 2 rings (SSSR count). The van der Waals surface area contributed by atoms with E-state index >= 15 is 0 Å². The quantitative estimate of drug-likeness (QED) is 0.774. The van der Waals surface area contributed by atoms with Gasteiger partial charge in [-0.15, -0.1) is 11.3 Å². The number of aryl methyl sites for hydroxylation is 1. The van der Waals surface area contributed by atoms with Gasteiger partial charge in [0.1, 0.15) is 4.21 Å². The van der Waals surface area contributed by atoms with Crippen molar-refractivity contribution >= 4 is 37.3 Å². The lowest BCUT2D eigenvalue weighted by molar-refractivity contribution is -0.148. The Morgan fingerprint density at radius 2 is 1.86 bits per heavy atom. The molecule has 1 aromatic heterocycles. The highest BCUT2D eigenvalue weighted by Crippen LogP contribution is 2.32. The zero-order chi connectivity index (χ0) is 15.8. The molecular weight excluding hydrogens is 393 g/mol. The number of piperazine rings is 1. The Balaban J connectivity index is 2.04. The average Bonchev–Trinajstić information content (AvgIpc) is 2.69. The highest BCUT2D eigenvalue weighted by Gasteiger charge is 2.35. The summed E-state index contributed by atoms with van der Waals surface area (Å²) in [6.45, 7) is 1.12. The van der Waals surface area contributed by atoms with Crippen molar-refractivity contribution in [2.75, 3.05) is 32.7 Å². The van der Waals surface area contributed by atoms with Gasteiger partial charge in [-0.3, -0.25) is 4.90 Å². The van der Waals surface area contributed by atoms with Gasteiger partial charge in [-0.05, 0) is 34.5 Å². The van der Waals surface area contributed by atoms with Crippen LogP contribution in [0.15, 0.2) is 14.1 Å². The molecule has 0 spiro atoms. The molecule has 0 aromatic carbocycles. The van der Waals surface area contributed by atoms with E-state index in [1.54, 1.807) is 13.0 Å². The maximum atomic E-state index is 12.4. The molecule has 1 aliphatic heterocycles. The van der Waals surface area contributed by atoms with Crippen LogP contribution in [0.3, 0.4) is 0 Å². The molecule has 1 aliphatic rings. The third-order valence-corrected chi connectivity index (χ3v) is 7.65. The molecule has 0 unspecified atom stereocenters. The lowest BCUT2D eigenvalue weighted by Gasteiger charge is -2.33. The van der Waals surface area contributed by atoms with E-state index in [9.17, 15) is 21.6 Å². The number of alkyl halides is 3. The fourth-order valence-electron chi connectivity index (χ4n) is 2.07. The first-order valence-corrected chi connectivity index (χ1v) is 9.20. The third-order valence-electron chi connectivity index (χ3n) is 3.16. The van der Waals surface area contributed by atoms with Crippen molar-refractivity contribution < 1.29 is 21.6 Å². The second-order valence-corrected chi connectivity index (χ2v) is 9.35. The van der Waals surface area contributed by atoms with Gasteiger partial charge in [0.2, 0.25) is 0 Å². The van der Waals surface area contributed by atoms with Crippen LogP contribution in [0.4, 0.5) is 13.2 Å². The Morgan fingerprint density at radius 3 is 2.29 bits per heavy atom. The van der Waals surface area contributed by atoms with E-state index in [0.29, 0.717) is 0 Å². The minimum atomic E-state index is -4.25. The first-order chi connectivity index (χ1) is 9.59. The number of hydrogen-bond acceptors (Lipinski definition) is 4. The molecule has 0 N–H and O–H groups in total. The molecular formula is C11H14BrF3N2O2S2. The first-order valence-electron chi connectivity index (χ1n) is 6.15. The molecule has 21 heavy (non-hydrogen) atoms. The van der Waals surface area contributed by atoms with Crippen LogP contribution in [0, 0.1) is 6.92 Å². The zero-order valence-electron chi connectivity index (χ0n) is 11.2. The largest absolute Gasteiger partial charge is 0.401 e. The molecule has 1 aromatic rings. The van der Waals surface area contributed by atoms with Gasteiger partial charge < -0.3 is 0 Å². The maximum absolute atomic E-state index is 12.4. The number of nitrogens with zero attached hydrogens (tertiary/aromatic N) is 2. The Bertz CT molecular complexity index is 588. The smallest absolute Gasteiger partial charge is 0.292 e. The predicted molar refractivity (Wildman–Crippen MR) is 78.0 cm³/mol. The normalized spacial score (nSPS) is 19.1. The van der Waals surface area contributed by atoms with Crippen LogP contribution in [0.5, 0.6) is 0 Å². The highest BCUT2D eigenvalue weighted by molar-refractivity contribution is 9.11. The average molecular weight is 407 g/mol. The van der Waals surface area contributed by atoms with Crippen molar-refractivity contribution in [3.63, 3.8) is 0 Å². The summed E-state index contributed by atoms with van der Waals surface area (Å²) >= 11 is 4.40. The molecule has 1 fully saturated rings. The summed E-state index contributed by atoms with van der Waals surface area (Å²) in [4.78, 5) is 1.22. The minimum absolute atomic E-state index is 0.0764. The first kappa shape index (κ1) is 17.2. The summed E-state index contributed by atoms with van der Waals surface area (Å²) in [7, 11) is -3.62. The topological polar surface area (TPSA) is 40.6 Å². The van der Waals surface area contributed by atoms with E-state index in [1.165, 1.54) is 9.21 Å². The van der Waals surface area contributed by atoms with Gasteiger partial charge >= 0.3 is 6.18 Å². The van der Waals surface area contributed by atoms with Gasteiger partial charge in [0.15, 0.2) is 0 Å². The van der Waals surface area contributed by atoms with Crippen molar-refractivity contribution in [3.8, 4) is 0 Å². The molecule has 4 nitrogen and oxygen atoms in total. The van der Waals surface area contributed by atoms with Gasteiger partial charge in [-0.1, -0.05) is 0 Å². The SMILES string of the molecule is Cc1cc(S(=O)(=O)N2CCN(CC(F)(F)F)CC2)sc1Br. The van der Waals surface area contributed by atoms with Gasteiger partial charge in [0, 0.05) is 26.2 Å². The number of thiophene rings is 1. The van der Waals surface area contributed by atoms with E-state index in [2.05, 4.69) is 15.9 Å². The van der Waals surface area contributed by atoms with Crippen LogP contribution in [0.1, 0.15) is 5.56 Å². The summed E-state index contributed by atoms with van der Waals surface area (Å²) < 4.78 is 64.0. The summed E-state index contributed by atoms with van der Waals surface area (Å²) in [5.41, 5.74) is 0.828. The van der Waals surface area contributed by atoms with Crippen LogP contribution in [-0.4, -0.2) is 56.5 Å². The molecule has 0 bridgehead atoms. The lowest BCUT2D eigenvalue weighted by Crippen LogP contribution is -2.50. The molecule has 0 amide bonds. The molecule has 0 saturated carbocycles. The van der Waals surface area contributed by atoms with Crippen LogP contribution < -0.4 is 0 Å². The van der Waals surface area contributed by atoms with E-state index in [-0.39, 0.29) is 30.4 Å². The second-order valence-electron chi connectivity index (χ2n) is 4.82. The fourth-order valence-corrected chi connectivity index (χ4v) is 5.87. The lowest BCUT2D eigenvalue weighted by atomic mass is 10.3. The fraction of sp³-hybridized carbons (Fsp3) is 0.636. The Kier molecular flexibility index (Phi) is 5.04. The van der Waals surface area contributed by atoms with E-state index < -0.39 is 22.7 Å². The van der Waals surface area contributed by atoms with Crippen LogP contribution in [0.25, 0.3) is 0 Å². The second kappa shape index (κ2) is 6.15. The Labute approximate surface area is 133 Å². The molecule has 120 valence electrons. The van der Waals surface area contributed by atoms with Crippen molar-refractivity contribution in [1.29, 1.82) is 0 Å². The number of rotatable bonds is 3. The standard InChI is InChI=1S/C11H14BrF3N2O2S2/c1-8-6-9(20-10(8)12)21(18,19)17-4-2-16(3-5-17)7-11(13,14)15/h6H,2-5,7H2,1H3. The summed E-state index contributed by atoms with van der Waals surface area (Å²) in [5.74, 6) is 0. The number of halogens is 4. The molecule has 10 heteroatoms. The van der Waals surface area contributed by atoms with Gasteiger partial charge in [-0.25, -0.2) is 8.42 Å². The van der Waals surface area contributed by atoms with Gasteiger partial charge in [-0.2, -0.15) is 17.5 Å². The molecule has 0 atom stereocenters. The van der Waals surface area contributed by atoms with Crippen molar-refractivity contribution in [2.24, 2.45) is 0 Å².